The van der Waals surface area contributed by atoms with Crippen LogP contribution in [0.3, 0.4) is 0 Å². The van der Waals surface area contributed by atoms with E-state index in [0.717, 1.165) is 4.68 Å². The molecular weight excluding hydrogens is 260 g/mol. The van der Waals surface area contributed by atoms with Crippen molar-refractivity contribution in [3.8, 4) is 17.2 Å². The summed E-state index contributed by atoms with van der Waals surface area (Å²) in [6.45, 7) is -0.450. The van der Waals surface area contributed by atoms with E-state index in [2.05, 4.69) is 5.10 Å². The molecule has 1 aromatic heterocycles. The number of hydrogen-bond acceptors (Lipinski definition) is 2. The third-order valence-corrected chi connectivity index (χ3v) is 2.68. The summed E-state index contributed by atoms with van der Waals surface area (Å²) in [6.07, 6.45) is 0.517. The lowest BCUT2D eigenvalue weighted by atomic mass is 10.1. The molecule has 0 N–H and O–H groups in total. The van der Waals surface area contributed by atoms with E-state index in [0.29, 0.717) is 21.7 Å². The summed E-state index contributed by atoms with van der Waals surface area (Å²) in [5.41, 5.74) is 1.75. The Bertz CT molecular complexity index is 602. The van der Waals surface area contributed by atoms with Crippen molar-refractivity contribution in [1.29, 1.82) is 5.26 Å². The predicted molar refractivity (Wildman–Crippen MR) is 63.4 cm³/mol. The topological polar surface area (TPSA) is 41.6 Å². The first-order valence-electron chi connectivity index (χ1n) is 5.11. The van der Waals surface area contributed by atoms with Crippen LogP contribution in [0, 0.1) is 11.3 Å². The van der Waals surface area contributed by atoms with Crippen LogP contribution in [0.4, 0.5) is 8.78 Å². The van der Waals surface area contributed by atoms with Gasteiger partial charge in [-0.15, -0.1) is 0 Å². The van der Waals surface area contributed by atoms with Crippen molar-refractivity contribution in [3.63, 3.8) is 0 Å². The van der Waals surface area contributed by atoms with Crippen LogP contribution >= 0.6 is 11.6 Å². The van der Waals surface area contributed by atoms with Gasteiger partial charge < -0.3 is 0 Å². The molecule has 18 heavy (non-hydrogen) atoms. The van der Waals surface area contributed by atoms with E-state index in [-0.39, 0.29) is 0 Å². The maximum atomic E-state index is 12.2. The summed E-state index contributed by atoms with van der Waals surface area (Å²) in [5, 5.41) is 12.9. The van der Waals surface area contributed by atoms with Gasteiger partial charge >= 0.3 is 0 Å². The molecule has 0 amide bonds. The van der Waals surface area contributed by atoms with Gasteiger partial charge in [0.15, 0.2) is 0 Å². The summed E-state index contributed by atoms with van der Waals surface area (Å²) in [6, 6.07) is 6.79. The molecule has 0 radical (unpaired) electrons. The van der Waals surface area contributed by atoms with Crippen molar-refractivity contribution in [1.82, 2.24) is 9.78 Å². The van der Waals surface area contributed by atoms with Crippen LogP contribution in [-0.2, 0) is 6.54 Å². The van der Waals surface area contributed by atoms with Crippen LogP contribution in [-0.4, -0.2) is 16.2 Å². The van der Waals surface area contributed by atoms with Gasteiger partial charge in [0.2, 0.25) is 0 Å². The zero-order valence-corrected chi connectivity index (χ0v) is 9.90. The fraction of sp³-hybridized carbons (Fsp3) is 0.167. The highest BCUT2D eigenvalue weighted by Gasteiger charge is 2.09. The molecule has 0 saturated heterocycles. The molecule has 3 nitrogen and oxygen atoms in total. The molecule has 6 heteroatoms. The Morgan fingerprint density at radius 3 is 2.83 bits per heavy atom. The lowest BCUT2D eigenvalue weighted by molar-refractivity contribution is 0.122. The molecular formula is C12H8ClF2N3. The number of rotatable bonds is 3. The number of halogens is 3. The minimum atomic E-state index is -2.45. The number of nitrogens with zero attached hydrogens (tertiary/aromatic N) is 3. The fourth-order valence-corrected chi connectivity index (χ4v) is 1.85. The van der Waals surface area contributed by atoms with E-state index in [1.807, 2.05) is 6.07 Å². The van der Waals surface area contributed by atoms with Crippen molar-refractivity contribution < 1.29 is 8.78 Å². The molecule has 2 rings (SSSR count). The Balaban J connectivity index is 2.32. The maximum Gasteiger partial charge on any atom is 0.257 e. The minimum absolute atomic E-state index is 0.394. The van der Waals surface area contributed by atoms with Gasteiger partial charge in [0.25, 0.3) is 6.43 Å². The Hall–Kier alpha value is -1.93. The summed E-state index contributed by atoms with van der Waals surface area (Å²) < 4.78 is 25.5. The van der Waals surface area contributed by atoms with Gasteiger partial charge in [-0.05, 0) is 12.1 Å². The van der Waals surface area contributed by atoms with Crippen LogP contribution in [0.25, 0.3) is 11.1 Å². The largest absolute Gasteiger partial charge is 0.266 e. The van der Waals surface area contributed by atoms with Crippen molar-refractivity contribution in [2.75, 3.05) is 0 Å². The smallest absolute Gasteiger partial charge is 0.257 e. The monoisotopic (exact) mass is 267 g/mol. The highest BCUT2D eigenvalue weighted by atomic mass is 35.5. The zero-order chi connectivity index (χ0) is 13.1. The average Bonchev–Trinajstić information content (AvgIpc) is 2.76. The minimum Gasteiger partial charge on any atom is -0.266 e. The second-order valence-corrected chi connectivity index (χ2v) is 4.06. The SMILES string of the molecule is N#Cc1ccc(-c2cnn(CC(F)F)c2)c(Cl)c1. The lowest BCUT2D eigenvalue weighted by Crippen LogP contribution is -2.06. The van der Waals surface area contributed by atoms with Crippen LogP contribution in [0.2, 0.25) is 5.02 Å². The van der Waals surface area contributed by atoms with E-state index in [9.17, 15) is 8.78 Å². The highest BCUT2D eigenvalue weighted by Crippen LogP contribution is 2.28. The Morgan fingerprint density at radius 2 is 2.22 bits per heavy atom. The van der Waals surface area contributed by atoms with Gasteiger partial charge in [0.1, 0.15) is 6.54 Å². The number of benzene rings is 1. The van der Waals surface area contributed by atoms with E-state index >= 15 is 0 Å². The summed E-state index contributed by atoms with van der Waals surface area (Å²) in [5.74, 6) is 0. The maximum absolute atomic E-state index is 12.2. The molecule has 1 heterocycles. The highest BCUT2D eigenvalue weighted by molar-refractivity contribution is 6.33. The Kier molecular flexibility index (Phi) is 3.58. The first-order valence-corrected chi connectivity index (χ1v) is 5.48. The van der Waals surface area contributed by atoms with Gasteiger partial charge in [-0.3, -0.25) is 4.68 Å². The third-order valence-electron chi connectivity index (χ3n) is 2.37. The number of hydrogen-bond donors (Lipinski definition) is 0. The van der Waals surface area contributed by atoms with Crippen molar-refractivity contribution in [3.05, 3.63) is 41.2 Å². The number of alkyl halides is 2. The number of aromatic nitrogens is 2. The lowest BCUT2D eigenvalue weighted by Gasteiger charge is -2.01. The van der Waals surface area contributed by atoms with Crippen molar-refractivity contribution in [2.45, 2.75) is 13.0 Å². The fourth-order valence-electron chi connectivity index (χ4n) is 1.56. The quantitative estimate of drug-likeness (QED) is 0.856. The Labute approximate surface area is 107 Å². The first-order chi connectivity index (χ1) is 8.60. The van der Waals surface area contributed by atoms with Gasteiger partial charge in [-0.2, -0.15) is 10.4 Å². The second kappa shape index (κ2) is 5.15. The van der Waals surface area contributed by atoms with Gasteiger partial charge in [-0.25, -0.2) is 8.78 Å². The molecule has 0 aliphatic rings. The standard InChI is InChI=1S/C12H8ClF2N3/c13-11-3-8(4-16)1-2-10(11)9-5-17-18(6-9)7-12(14)15/h1-3,5-6,12H,7H2. The van der Waals surface area contributed by atoms with Crippen LogP contribution in [0.1, 0.15) is 5.56 Å². The molecule has 0 saturated carbocycles. The molecule has 0 unspecified atom stereocenters. The Morgan fingerprint density at radius 1 is 1.44 bits per heavy atom. The zero-order valence-electron chi connectivity index (χ0n) is 9.15. The van der Waals surface area contributed by atoms with Crippen LogP contribution in [0.5, 0.6) is 0 Å². The van der Waals surface area contributed by atoms with E-state index in [1.165, 1.54) is 18.5 Å². The first kappa shape index (κ1) is 12.5. The molecule has 2 aromatic rings. The molecule has 0 aliphatic heterocycles. The summed E-state index contributed by atoms with van der Waals surface area (Å²) in [7, 11) is 0. The number of nitriles is 1. The summed E-state index contributed by atoms with van der Waals surface area (Å²) in [4.78, 5) is 0. The third kappa shape index (κ3) is 2.66. The molecule has 0 aliphatic carbocycles. The van der Waals surface area contributed by atoms with E-state index < -0.39 is 13.0 Å². The van der Waals surface area contributed by atoms with Crippen LogP contribution in [0.15, 0.2) is 30.6 Å². The molecule has 0 spiro atoms. The van der Waals surface area contributed by atoms with E-state index in [4.69, 9.17) is 16.9 Å². The van der Waals surface area contributed by atoms with Gasteiger partial charge in [-0.1, -0.05) is 17.7 Å². The normalized spacial score (nSPS) is 10.6. The predicted octanol–water partition coefficient (Wildman–Crippen LogP) is 3.34. The second-order valence-electron chi connectivity index (χ2n) is 3.65. The summed E-state index contributed by atoms with van der Waals surface area (Å²) >= 11 is 6.02. The average molecular weight is 268 g/mol. The molecule has 0 bridgehead atoms. The van der Waals surface area contributed by atoms with Crippen LogP contribution < -0.4 is 0 Å². The molecule has 0 fully saturated rings. The molecule has 0 atom stereocenters. The van der Waals surface area contributed by atoms with Gasteiger partial charge in [0.05, 0.1) is 17.8 Å². The van der Waals surface area contributed by atoms with Crippen molar-refractivity contribution >= 4 is 11.6 Å². The van der Waals surface area contributed by atoms with Gasteiger partial charge in [0, 0.05) is 22.3 Å². The molecule has 1 aromatic carbocycles. The van der Waals surface area contributed by atoms with Crippen molar-refractivity contribution in [2.24, 2.45) is 0 Å². The molecule has 92 valence electrons. The van der Waals surface area contributed by atoms with E-state index in [1.54, 1.807) is 12.1 Å².